The van der Waals surface area contributed by atoms with E-state index in [0.717, 1.165) is 16.6 Å². The molecule has 0 radical (unpaired) electrons. The first kappa shape index (κ1) is 19.8. The highest BCUT2D eigenvalue weighted by molar-refractivity contribution is 7.09. The average Bonchev–Trinajstić information content (AvgIpc) is 2.81. The maximum Gasteiger partial charge on any atom is 0.282 e. The van der Waals surface area contributed by atoms with Gasteiger partial charge in [0.25, 0.3) is 5.91 Å². The summed E-state index contributed by atoms with van der Waals surface area (Å²) in [5.41, 5.74) is 0.870. The number of amides is 1. The molecule has 1 heterocycles. The lowest BCUT2D eigenvalue weighted by Gasteiger charge is -2.17. The predicted molar refractivity (Wildman–Crippen MR) is 98.9 cm³/mol. The van der Waals surface area contributed by atoms with E-state index < -0.39 is 11.7 Å². The summed E-state index contributed by atoms with van der Waals surface area (Å²) in [6.45, 7) is 9.39. The minimum absolute atomic E-state index is 0.0775. The Hall–Kier alpha value is -1.50. The molecule has 2 aromatic rings. The van der Waals surface area contributed by atoms with Crippen molar-refractivity contribution in [3.05, 3.63) is 50.0 Å². The summed E-state index contributed by atoms with van der Waals surface area (Å²) in [5.74, 6) is -1.30. The Balaban J connectivity index is 2.55. The van der Waals surface area contributed by atoms with Crippen LogP contribution >= 0.6 is 22.9 Å². The minimum Gasteiger partial charge on any atom is -0.383 e. The van der Waals surface area contributed by atoms with Crippen molar-refractivity contribution in [2.45, 2.75) is 39.7 Å². The van der Waals surface area contributed by atoms with E-state index in [1.807, 2.05) is 11.5 Å². The summed E-state index contributed by atoms with van der Waals surface area (Å²) in [6.07, 6.45) is 0. The Kier molecular flexibility index (Phi) is 6.19. The van der Waals surface area contributed by atoms with Gasteiger partial charge >= 0.3 is 0 Å². The van der Waals surface area contributed by atoms with Gasteiger partial charge in [-0.15, -0.1) is 11.3 Å². The lowest BCUT2D eigenvalue weighted by atomic mass is 9.93. The molecule has 136 valence electrons. The second-order valence-electron chi connectivity index (χ2n) is 6.73. The molecule has 0 N–H and O–H groups in total. The van der Waals surface area contributed by atoms with Crippen molar-refractivity contribution >= 4 is 28.8 Å². The molecule has 0 bridgehead atoms. The van der Waals surface area contributed by atoms with Crippen LogP contribution in [-0.2, 0) is 16.7 Å². The zero-order chi connectivity index (χ0) is 18.8. The van der Waals surface area contributed by atoms with E-state index in [9.17, 15) is 9.18 Å². The summed E-state index contributed by atoms with van der Waals surface area (Å²) in [6, 6.07) is 3.95. The molecule has 2 rings (SSSR count). The van der Waals surface area contributed by atoms with Crippen molar-refractivity contribution in [2.24, 2.45) is 4.99 Å². The summed E-state index contributed by atoms with van der Waals surface area (Å²) in [7, 11) is 1.62. The smallest absolute Gasteiger partial charge is 0.282 e. The van der Waals surface area contributed by atoms with Gasteiger partial charge in [0.2, 0.25) is 0 Å². The molecule has 1 aromatic heterocycles. The van der Waals surface area contributed by atoms with E-state index in [0.29, 0.717) is 18.0 Å². The van der Waals surface area contributed by atoms with Crippen LogP contribution in [0.25, 0.3) is 0 Å². The number of thiazole rings is 1. The van der Waals surface area contributed by atoms with Crippen molar-refractivity contribution in [1.82, 2.24) is 4.57 Å². The molecule has 1 aromatic carbocycles. The third kappa shape index (κ3) is 4.57. The number of ether oxygens (including phenoxy) is 1. The monoisotopic (exact) mass is 384 g/mol. The van der Waals surface area contributed by atoms with Crippen LogP contribution < -0.4 is 4.80 Å². The largest absolute Gasteiger partial charge is 0.383 e. The lowest BCUT2D eigenvalue weighted by molar-refractivity contribution is 0.0993. The van der Waals surface area contributed by atoms with Crippen molar-refractivity contribution in [2.75, 3.05) is 13.7 Å². The molecule has 0 aliphatic carbocycles. The van der Waals surface area contributed by atoms with Gasteiger partial charge in [-0.2, -0.15) is 4.99 Å². The molecular formula is C18H22ClFN2O2S. The molecule has 0 saturated heterocycles. The molecule has 1 amide bonds. The second-order valence-corrected chi connectivity index (χ2v) is 8.15. The molecule has 0 atom stereocenters. The van der Waals surface area contributed by atoms with Gasteiger partial charge in [-0.3, -0.25) is 4.79 Å². The van der Waals surface area contributed by atoms with Crippen molar-refractivity contribution in [1.29, 1.82) is 0 Å². The SMILES string of the molecule is COCCn1c(C)c(C(C)(C)C)s/c1=N\C(=O)c1ccc(Cl)cc1F. The highest BCUT2D eigenvalue weighted by Crippen LogP contribution is 2.28. The number of hydrogen-bond acceptors (Lipinski definition) is 3. The second kappa shape index (κ2) is 7.81. The number of halogens is 2. The van der Waals surface area contributed by atoms with Gasteiger partial charge in [-0.1, -0.05) is 32.4 Å². The fourth-order valence-electron chi connectivity index (χ4n) is 2.52. The Morgan fingerprint density at radius 3 is 2.64 bits per heavy atom. The molecule has 4 nitrogen and oxygen atoms in total. The summed E-state index contributed by atoms with van der Waals surface area (Å²) >= 11 is 7.19. The number of nitrogens with zero attached hydrogens (tertiary/aromatic N) is 2. The first-order chi connectivity index (χ1) is 11.6. The normalized spacial score (nSPS) is 12.7. The van der Waals surface area contributed by atoms with Crippen LogP contribution in [0, 0.1) is 12.7 Å². The van der Waals surface area contributed by atoms with E-state index in [1.165, 1.54) is 23.5 Å². The molecule has 0 aliphatic rings. The van der Waals surface area contributed by atoms with Crippen LogP contribution in [-0.4, -0.2) is 24.2 Å². The molecule has 7 heteroatoms. The Morgan fingerprint density at radius 1 is 1.40 bits per heavy atom. The number of rotatable bonds is 4. The molecule has 0 unspecified atom stereocenters. The van der Waals surface area contributed by atoms with Crippen molar-refractivity contribution in [3.8, 4) is 0 Å². The summed E-state index contributed by atoms with van der Waals surface area (Å²) in [5, 5.41) is 0.242. The van der Waals surface area contributed by atoms with Gasteiger partial charge in [-0.05, 0) is 30.5 Å². The van der Waals surface area contributed by atoms with E-state index >= 15 is 0 Å². The van der Waals surface area contributed by atoms with Crippen molar-refractivity contribution in [3.63, 3.8) is 0 Å². The maximum absolute atomic E-state index is 14.0. The minimum atomic E-state index is -0.672. The van der Waals surface area contributed by atoms with Gasteiger partial charge in [0.1, 0.15) is 5.82 Å². The number of methoxy groups -OCH3 is 1. The van der Waals surface area contributed by atoms with E-state index in [1.54, 1.807) is 7.11 Å². The number of carbonyl (C=O) groups is 1. The van der Waals surface area contributed by atoms with Crippen molar-refractivity contribution < 1.29 is 13.9 Å². The van der Waals surface area contributed by atoms with Crippen LogP contribution in [0.2, 0.25) is 5.02 Å². The first-order valence-corrected chi connectivity index (χ1v) is 9.08. The highest BCUT2D eigenvalue weighted by Gasteiger charge is 2.22. The van der Waals surface area contributed by atoms with Gasteiger partial charge < -0.3 is 9.30 Å². The fourth-order valence-corrected chi connectivity index (χ4v) is 3.89. The topological polar surface area (TPSA) is 43.6 Å². The number of hydrogen-bond donors (Lipinski definition) is 0. The Labute approximate surface area is 155 Å². The molecule has 0 aliphatic heterocycles. The van der Waals surface area contributed by atoms with Gasteiger partial charge in [0, 0.05) is 29.2 Å². The number of aromatic nitrogens is 1. The fraction of sp³-hybridized carbons (Fsp3) is 0.444. The highest BCUT2D eigenvalue weighted by atomic mass is 35.5. The lowest BCUT2D eigenvalue weighted by Crippen LogP contribution is -2.21. The van der Waals surface area contributed by atoms with Crippen LogP contribution in [0.15, 0.2) is 23.2 Å². The van der Waals surface area contributed by atoms with Crippen LogP contribution in [0.5, 0.6) is 0 Å². The van der Waals surface area contributed by atoms with E-state index in [4.69, 9.17) is 16.3 Å². The van der Waals surface area contributed by atoms with E-state index in [2.05, 4.69) is 25.8 Å². The molecule has 0 saturated carbocycles. The number of benzene rings is 1. The molecule has 25 heavy (non-hydrogen) atoms. The molecule has 0 fully saturated rings. The third-order valence-corrected chi connectivity index (χ3v) is 5.56. The van der Waals surface area contributed by atoms with Crippen LogP contribution in [0.4, 0.5) is 4.39 Å². The Bertz CT molecular complexity index is 850. The van der Waals surface area contributed by atoms with Gasteiger partial charge in [0.15, 0.2) is 4.80 Å². The molecule has 0 spiro atoms. The third-order valence-electron chi connectivity index (χ3n) is 3.72. The average molecular weight is 385 g/mol. The first-order valence-electron chi connectivity index (χ1n) is 7.89. The maximum atomic E-state index is 14.0. The van der Waals surface area contributed by atoms with E-state index in [-0.39, 0.29) is 16.0 Å². The van der Waals surface area contributed by atoms with Gasteiger partial charge in [0.05, 0.1) is 12.2 Å². The summed E-state index contributed by atoms with van der Waals surface area (Å²) < 4.78 is 21.1. The zero-order valence-electron chi connectivity index (χ0n) is 15.0. The standard InChI is InChI=1S/C18H22ClFN2O2S/c1-11-15(18(2,3)4)25-17(22(11)8-9-24-5)21-16(23)13-7-6-12(19)10-14(13)20/h6-7,10H,8-9H2,1-5H3/b21-17-. The predicted octanol–water partition coefficient (Wildman–Crippen LogP) is 4.34. The van der Waals surface area contributed by atoms with Crippen LogP contribution in [0.3, 0.4) is 0 Å². The quantitative estimate of drug-likeness (QED) is 0.787. The number of carbonyl (C=O) groups excluding carboxylic acids is 1. The summed E-state index contributed by atoms with van der Waals surface area (Å²) in [4.78, 5) is 18.3. The molecular weight excluding hydrogens is 363 g/mol. The Morgan fingerprint density at radius 2 is 2.08 bits per heavy atom. The van der Waals surface area contributed by atoms with Gasteiger partial charge in [-0.25, -0.2) is 4.39 Å². The zero-order valence-corrected chi connectivity index (χ0v) is 16.6. The van der Waals surface area contributed by atoms with Crippen LogP contribution in [0.1, 0.15) is 41.7 Å².